The number of hydrogen-bond donors (Lipinski definition) is 2. The van der Waals surface area contributed by atoms with Crippen molar-refractivity contribution in [3.8, 4) is 0 Å². The highest BCUT2D eigenvalue weighted by molar-refractivity contribution is 5.90. The van der Waals surface area contributed by atoms with Gasteiger partial charge in [0.05, 0.1) is 2.74 Å². The number of nitrogens with zero attached hydrogens (tertiary/aromatic N) is 1. The maximum absolute atomic E-state index is 10.8. The van der Waals surface area contributed by atoms with Gasteiger partial charge in [-0.05, 0) is 0 Å². The van der Waals surface area contributed by atoms with Crippen molar-refractivity contribution in [2.45, 2.75) is 0 Å². The third-order valence-electron chi connectivity index (χ3n) is 0.848. The van der Waals surface area contributed by atoms with Gasteiger partial charge in [0.2, 0.25) is 0 Å². The molecule has 0 bridgehead atoms. The zero-order valence-corrected chi connectivity index (χ0v) is 4.84. The lowest BCUT2D eigenvalue weighted by atomic mass is 10.4. The Morgan fingerprint density at radius 1 is 1.90 bits per heavy atom. The third kappa shape index (κ3) is 1.02. The molecule has 1 amide bonds. The first-order valence-corrected chi connectivity index (χ1v) is 2.39. The van der Waals surface area contributed by atoms with Crippen LogP contribution in [0.15, 0.2) is 17.1 Å². The third-order valence-corrected chi connectivity index (χ3v) is 0.848. The molecule has 1 aromatic rings. The van der Waals surface area contributed by atoms with E-state index >= 15 is 0 Å². The van der Waals surface area contributed by atoms with Crippen molar-refractivity contribution in [1.29, 1.82) is 0 Å². The minimum atomic E-state index is -1.01. The Bertz CT molecular complexity index is 387. The molecule has 0 radical (unpaired) electrons. The van der Waals surface area contributed by atoms with Crippen LogP contribution < -0.4 is 11.3 Å². The highest BCUT2D eigenvalue weighted by atomic mass is 16.2. The van der Waals surface area contributed by atoms with E-state index in [4.69, 9.17) is 8.48 Å². The molecule has 0 saturated carbocycles. The van der Waals surface area contributed by atoms with E-state index in [0.717, 1.165) is 0 Å². The Balaban J connectivity index is 3.43. The first-order valence-electron chi connectivity index (χ1n) is 3.39. The molecule has 0 atom stereocenters. The summed E-state index contributed by atoms with van der Waals surface area (Å²) in [7, 11) is 0. The molecule has 52 valence electrons. The second-order valence-corrected chi connectivity index (χ2v) is 1.52. The zero-order valence-electron chi connectivity index (χ0n) is 6.84. The Hall–Kier alpha value is -1.65. The number of aromatic nitrogens is 2. The minimum Gasteiger partial charge on any atom is -0.364 e. The van der Waals surface area contributed by atoms with Crippen LogP contribution in [0, 0.1) is 0 Å². The number of primary amides is 1. The summed E-state index contributed by atoms with van der Waals surface area (Å²) in [6, 6.07) is 0. The van der Waals surface area contributed by atoms with Gasteiger partial charge in [0.1, 0.15) is 0 Å². The highest BCUT2D eigenvalue weighted by Crippen LogP contribution is 1.77. The molecule has 0 aliphatic rings. The maximum Gasteiger partial charge on any atom is 0.279 e. The Labute approximate surface area is 58.7 Å². The lowest BCUT2D eigenvalue weighted by Gasteiger charge is -1.88. The maximum atomic E-state index is 10.8. The fraction of sp³-hybridized carbons (Fsp3) is 0. The summed E-state index contributed by atoms with van der Waals surface area (Å²) >= 11 is 0. The molecule has 3 N–H and O–H groups in total. The fourth-order valence-electron chi connectivity index (χ4n) is 0.446. The second-order valence-electron chi connectivity index (χ2n) is 1.52. The first-order chi connectivity index (χ1) is 5.52. The van der Waals surface area contributed by atoms with Gasteiger partial charge >= 0.3 is 0 Å². The molecule has 0 aliphatic carbocycles. The van der Waals surface area contributed by atoms with E-state index in [1.54, 1.807) is 0 Å². The number of carbonyl (C=O) groups excluding carboxylic acids is 1. The fourth-order valence-corrected chi connectivity index (χ4v) is 0.446. The molecule has 0 aromatic carbocycles. The highest BCUT2D eigenvalue weighted by Gasteiger charge is 2.04. The van der Waals surface area contributed by atoms with Gasteiger partial charge in [-0.2, -0.15) is 0 Å². The normalized spacial score (nSPS) is 12.0. The van der Waals surface area contributed by atoms with Crippen LogP contribution in [-0.4, -0.2) is 15.9 Å². The van der Waals surface area contributed by atoms with E-state index in [0.29, 0.717) is 0 Å². The molecule has 10 heavy (non-hydrogen) atoms. The molecule has 0 fully saturated rings. The summed E-state index contributed by atoms with van der Waals surface area (Å²) in [5.41, 5.74) is 3.38. The van der Waals surface area contributed by atoms with E-state index in [9.17, 15) is 9.59 Å². The molecule has 0 saturated heterocycles. The van der Waals surface area contributed by atoms with E-state index < -0.39 is 29.5 Å². The first kappa shape index (κ1) is 4.21. The monoisotopic (exact) mass is 143 g/mol. The van der Waals surface area contributed by atoms with Crippen molar-refractivity contribution in [1.82, 2.24) is 9.97 Å². The molecule has 5 nitrogen and oxygen atoms in total. The number of amides is 1. The average Bonchev–Trinajstić information content (AvgIpc) is 1.96. The van der Waals surface area contributed by atoms with E-state index in [1.807, 2.05) is 4.98 Å². The molecule has 1 heterocycles. The van der Waals surface area contributed by atoms with Crippen molar-refractivity contribution in [2.24, 2.45) is 5.73 Å². The number of hydrogen-bond acceptors (Lipinski definition) is 3. The van der Waals surface area contributed by atoms with Crippen LogP contribution in [0.3, 0.4) is 0 Å². The molecule has 0 spiro atoms. The Morgan fingerprint density at radius 3 is 3.20 bits per heavy atom. The summed E-state index contributed by atoms with van der Waals surface area (Å²) < 4.78 is 13.9. The van der Waals surface area contributed by atoms with Gasteiger partial charge in [0.25, 0.3) is 11.5 Å². The van der Waals surface area contributed by atoms with Crippen LogP contribution in [0.2, 0.25) is 0 Å². The van der Waals surface area contributed by atoms with Crippen LogP contribution in [0.5, 0.6) is 0 Å². The summed E-state index contributed by atoms with van der Waals surface area (Å²) in [6.07, 6.45) is -0.923. The van der Waals surface area contributed by atoms with Gasteiger partial charge in [-0.15, -0.1) is 0 Å². The van der Waals surface area contributed by atoms with Crippen molar-refractivity contribution in [3.63, 3.8) is 0 Å². The van der Waals surface area contributed by atoms with E-state index in [-0.39, 0.29) is 0 Å². The van der Waals surface area contributed by atoms with Gasteiger partial charge in [0, 0.05) is 12.3 Å². The average molecular weight is 143 g/mol. The van der Waals surface area contributed by atoms with Crippen molar-refractivity contribution in [3.05, 3.63) is 28.4 Å². The van der Waals surface area contributed by atoms with Crippen LogP contribution in [0.4, 0.5) is 0 Å². The van der Waals surface area contributed by atoms with Crippen molar-refractivity contribution >= 4 is 5.91 Å². The van der Waals surface area contributed by atoms with Crippen molar-refractivity contribution < 1.29 is 7.54 Å². The topological polar surface area (TPSA) is 88.8 Å². The second kappa shape index (κ2) is 2.30. The molecule has 5 heteroatoms. The minimum absolute atomic E-state index is 0.440. The van der Waals surface area contributed by atoms with Gasteiger partial charge in [-0.1, -0.05) is 0 Å². The molecular formula is C5H5N3O2. The SMILES string of the molecule is [2H][13c]1nc(C(N)=O)c(=O)[nH][13c]1[2H]. The van der Waals surface area contributed by atoms with Gasteiger partial charge < -0.3 is 10.7 Å². The Morgan fingerprint density at radius 2 is 2.60 bits per heavy atom. The largest absolute Gasteiger partial charge is 0.364 e. The number of rotatable bonds is 1. The predicted octanol–water partition coefficient (Wildman–Crippen LogP) is -1.13. The van der Waals surface area contributed by atoms with Gasteiger partial charge in [-0.25, -0.2) is 4.98 Å². The standard InChI is InChI=1S/C5H5N3O2/c6-4(9)3-5(10)8-2-1-7-3/h1-2H,(H2,6,9)(H,8,10)/i1+1D,2+1D. The van der Waals surface area contributed by atoms with Gasteiger partial charge in [0.15, 0.2) is 5.69 Å². The van der Waals surface area contributed by atoms with Crippen LogP contribution in [-0.2, 0) is 0 Å². The van der Waals surface area contributed by atoms with Crippen molar-refractivity contribution in [2.75, 3.05) is 0 Å². The van der Waals surface area contributed by atoms with Crippen LogP contribution >= 0.6 is 0 Å². The number of carbonyl (C=O) groups is 1. The summed E-state index contributed by atoms with van der Waals surface area (Å²) in [5.74, 6) is -1.01. The molecule has 1 aromatic heterocycles. The van der Waals surface area contributed by atoms with Crippen LogP contribution in [0.1, 0.15) is 13.2 Å². The number of aromatic amines is 1. The summed E-state index contributed by atoms with van der Waals surface area (Å²) in [4.78, 5) is 26.5. The smallest absolute Gasteiger partial charge is 0.279 e. The number of H-pyrrole nitrogens is 1. The zero-order chi connectivity index (χ0) is 9.30. The van der Waals surface area contributed by atoms with E-state index in [2.05, 4.69) is 4.98 Å². The lowest BCUT2D eigenvalue weighted by Crippen LogP contribution is -2.24. The molecular weight excluding hydrogens is 136 g/mol. The summed E-state index contributed by atoms with van der Waals surface area (Å²) in [6.45, 7) is 0. The number of nitrogens with one attached hydrogen (secondary N) is 1. The predicted molar refractivity (Wildman–Crippen MR) is 33.4 cm³/mol. The Kier molecular flexibility index (Phi) is 0.969. The number of nitrogens with two attached hydrogens (primary N) is 1. The quantitative estimate of drug-likeness (QED) is 0.521. The molecule has 1 rings (SSSR count). The summed E-state index contributed by atoms with van der Waals surface area (Å²) in [5, 5.41) is 0. The van der Waals surface area contributed by atoms with Gasteiger partial charge in [-0.3, -0.25) is 9.59 Å². The van der Waals surface area contributed by atoms with Crippen LogP contribution in [0.25, 0.3) is 0 Å². The molecule has 0 aliphatic heterocycles. The lowest BCUT2D eigenvalue weighted by molar-refractivity contribution is 0.0994. The van der Waals surface area contributed by atoms with E-state index in [1.165, 1.54) is 0 Å². The molecule has 0 unspecified atom stereocenters.